The van der Waals surface area contributed by atoms with Crippen LogP contribution < -0.4 is 5.32 Å². The molecule has 0 aromatic heterocycles. The SMILES string of the molecule is CC(C)C(CNC1CCN(C)CC1)C(C)C. The minimum absolute atomic E-state index is 0.760. The second-order valence-electron chi connectivity index (χ2n) is 6.14. The molecule has 0 atom stereocenters. The molecule has 0 spiro atoms. The molecule has 1 rings (SSSR count). The second kappa shape index (κ2) is 6.61. The Hall–Kier alpha value is -0.0800. The largest absolute Gasteiger partial charge is 0.314 e. The lowest BCUT2D eigenvalue weighted by molar-refractivity contribution is 0.210. The molecule has 1 aliphatic rings. The molecule has 0 bridgehead atoms. The molecule has 0 unspecified atom stereocenters. The van der Waals surface area contributed by atoms with Gasteiger partial charge in [0.05, 0.1) is 0 Å². The summed E-state index contributed by atoms with van der Waals surface area (Å²) in [5, 5.41) is 3.78. The fraction of sp³-hybridized carbons (Fsp3) is 1.00. The summed E-state index contributed by atoms with van der Waals surface area (Å²) in [4.78, 5) is 2.43. The van der Waals surface area contributed by atoms with Crippen molar-refractivity contribution in [1.29, 1.82) is 0 Å². The lowest BCUT2D eigenvalue weighted by Gasteiger charge is -2.32. The van der Waals surface area contributed by atoms with Crippen molar-refractivity contribution in [2.45, 2.75) is 46.6 Å². The van der Waals surface area contributed by atoms with E-state index in [0.29, 0.717) is 0 Å². The Kier molecular flexibility index (Phi) is 5.77. The van der Waals surface area contributed by atoms with Gasteiger partial charge in [0.15, 0.2) is 0 Å². The average molecular weight is 226 g/mol. The van der Waals surface area contributed by atoms with Crippen molar-refractivity contribution in [2.75, 3.05) is 26.7 Å². The molecule has 1 saturated heterocycles. The number of likely N-dealkylation sites (tertiary alicyclic amines) is 1. The fourth-order valence-electron chi connectivity index (χ4n) is 2.76. The van der Waals surface area contributed by atoms with E-state index in [-0.39, 0.29) is 0 Å². The van der Waals surface area contributed by atoms with Gasteiger partial charge in [-0.05, 0) is 57.3 Å². The van der Waals surface area contributed by atoms with Gasteiger partial charge in [0, 0.05) is 6.04 Å². The van der Waals surface area contributed by atoms with E-state index in [1.807, 2.05) is 0 Å². The monoisotopic (exact) mass is 226 g/mol. The third-order valence-electron chi connectivity index (χ3n) is 4.07. The van der Waals surface area contributed by atoms with Gasteiger partial charge in [0.1, 0.15) is 0 Å². The van der Waals surface area contributed by atoms with Crippen molar-refractivity contribution < 1.29 is 0 Å². The van der Waals surface area contributed by atoms with Gasteiger partial charge in [-0.3, -0.25) is 0 Å². The van der Waals surface area contributed by atoms with Gasteiger partial charge in [-0.15, -0.1) is 0 Å². The van der Waals surface area contributed by atoms with E-state index in [1.54, 1.807) is 0 Å². The fourth-order valence-corrected chi connectivity index (χ4v) is 2.76. The Bertz CT molecular complexity index is 173. The van der Waals surface area contributed by atoms with Crippen LogP contribution in [-0.4, -0.2) is 37.6 Å². The molecule has 0 aromatic carbocycles. The van der Waals surface area contributed by atoms with Crippen molar-refractivity contribution >= 4 is 0 Å². The second-order valence-corrected chi connectivity index (χ2v) is 6.14. The summed E-state index contributed by atoms with van der Waals surface area (Å²) in [6.07, 6.45) is 2.64. The van der Waals surface area contributed by atoms with Crippen LogP contribution in [-0.2, 0) is 0 Å². The topological polar surface area (TPSA) is 15.3 Å². The molecule has 0 saturated carbocycles. The van der Waals surface area contributed by atoms with Crippen molar-refractivity contribution in [1.82, 2.24) is 10.2 Å². The Morgan fingerprint density at radius 2 is 1.56 bits per heavy atom. The zero-order valence-corrected chi connectivity index (χ0v) is 11.8. The van der Waals surface area contributed by atoms with Gasteiger partial charge in [0.2, 0.25) is 0 Å². The van der Waals surface area contributed by atoms with Crippen molar-refractivity contribution in [3.05, 3.63) is 0 Å². The molecule has 0 amide bonds. The zero-order chi connectivity index (χ0) is 12.1. The van der Waals surface area contributed by atoms with Crippen LogP contribution in [0.2, 0.25) is 0 Å². The predicted molar refractivity (Wildman–Crippen MR) is 71.7 cm³/mol. The standard InChI is InChI=1S/C14H30N2/c1-11(2)14(12(3)4)10-15-13-6-8-16(5)9-7-13/h11-15H,6-10H2,1-5H3. The lowest BCUT2D eigenvalue weighted by Crippen LogP contribution is -2.43. The number of nitrogens with one attached hydrogen (secondary N) is 1. The van der Waals surface area contributed by atoms with Crippen LogP contribution in [0.1, 0.15) is 40.5 Å². The molecular formula is C14H30N2. The molecule has 2 heteroatoms. The normalized spacial score (nSPS) is 20.2. The summed E-state index contributed by atoms with van der Waals surface area (Å²) in [7, 11) is 2.22. The van der Waals surface area contributed by atoms with Crippen LogP contribution in [0.3, 0.4) is 0 Å². The van der Waals surface area contributed by atoms with Crippen LogP contribution in [0.15, 0.2) is 0 Å². The van der Waals surface area contributed by atoms with E-state index in [1.165, 1.54) is 32.5 Å². The van der Waals surface area contributed by atoms with Gasteiger partial charge >= 0.3 is 0 Å². The third-order valence-corrected chi connectivity index (χ3v) is 4.07. The minimum atomic E-state index is 0.760. The Morgan fingerprint density at radius 1 is 1.06 bits per heavy atom. The van der Waals surface area contributed by atoms with Crippen LogP contribution in [0.4, 0.5) is 0 Å². The molecule has 1 fully saturated rings. The number of hydrogen-bond acceptors (Lipinski definition) is 2. The Morgan fingerprint density at radius 3 is 2.00 bits per heavy atom. The van der Waals surface area contributed by atoms with Crippen LogP contribution in [0, 0.1) is 17.8 Å². The van der Waals surface area contributed by atoms with Crippen molar-refractivity contribution in [2.24, 2.45) is 17.8 Å². The summed E-state index contributed by atoms with van der Waals surface area (Å²) in [6, 6.07) is 0.760. The lowest BCUT2D eigenvalue weighted by atomic mass is 9.85. The van der Waals surface area contributed by atoms with E-state index >= 15 is 0 Å². The predicted octanol–water partition coefficient (Wildman–Crippen LogP) is 2.60. The molecular weight excluding hydrogens is 196 g/mol. The first kappa shape index (κ1) is 14.0. The maximum atomic E-state index is 3.78. The Labute approximate surface area is 102 Å². The van der Waals surface area contributed by atoms with Gasteiger partial charge in [0.25, 0.3) is 0 Å². The van der Waals surface area contributed by atoms with Gasteiger partial charge in [-0.25, -0.2) is 0 Å². The van der Waals surface area contributed by atoms with Gasteiger partial charge in [-0.1, -0.05) is 27.7 Å². The summed E-state index contributed by atoms with van der Waals surface area (Å²) in [5.41, 5.74) is 0. The first-order chi connectivity index (χ1) is 7.50. The Balaban J connectivity index is 2.27. The highest BCUT2D eigenvalue weighted by Crippen LogP contribution is 2.20. The van der Waals surface area contributed by atoms with E-state index < -0.39 is 0 Å². The zero-order valence-electron chi connectivity index (χ0n) is 11.8. The maximum absolute atomic E-state index is 3.78. The number of hydrogen-bond donors (Lipinski definition) is 1. The number of piperidine rings is 1. The first-order valence-electron chi connectivity index (χ1n) is 6.92. The van der Waals surface area contributed by atoms with Gasteiger partial charge in [-0.2, -0.15) is 0 Å². The van der Waals surface area contributed by atoms with E-state index in [9.17, 15) is 0 Å². The number of nitrogens with zero attached hydrogens (tertiary/aromatic N) is 1. The first-order valence-corrected chi connectivity index (χ1v) is 6.92. The van der Waals surface area contributed by atoms with Crippen molar-refractivity contribution in [3.63, 3.8) is 0 Å². The minimum Gasteiger partial charge on any atom is -0.314 e. The van der Waals surface area contributed by atoms with E-state index in [2.05, 4.69) is 45.0 Å². The summed E-state index contributed by atoms with van der Waals surface area (Å²) < 4.78 is 0. The molecule has 96 valence electrons. The summed E-state index contributed by atoms with van der Waals surface area (Å²) in [6.45, 7) is 13.1. The molecule has 1 N–H and O–H groups in total. The van der Waals surface area contributed by atoms with Crippen molar-refractivity contribution in [3.8, 4) is 0 Å². The third kappa shape index (κ3) is 4.42. The molecule has 0 radical (unpaired) electrons. The van der Waals surface area contributed by atoms with Crippen LogP contribution in [0.5, 0.6) is 0 Å². The number of rotatable bonds is 5. The quantitative estimate of drug-likeness (QED) is 0.775. The molecule has 0 aliphatic carbocycles. The summed E-state index contributed by atoms with van der Waals surface area (Å²) >= 11 is 0. The van der Waals surface area contributed by atoms with Crippen LogP contribution in [0.25, 0.3) is 0 Å². The highest BCUT2D eigenvalue weighted by atomic mass is 15.1. The highest BCUT2D eigenvalue weighted by molar-refractivity contribution is 4.78. The maximum Gasteiger partial charge on any atom is 0.00915 e. The molecule has 0 aromatic rings. The van der Waals surface area contributed by atoms with E-state index in [4.69, 9.17) is 0 Å². The highest BCUT2D eigenvalue weighted by Gasteiger charge is 2.21. The average Bonchev–Trinajstić information content (AvgIpc) is 2.20. The molecule has 1 heterocycles. The molecule has 16 heavy (non-hydrogen) atoms. The smallest absolute Gasteiger partial charge is 0.00915 e. The van der Waals surface area contributed by atoms with Crippen LogP contribution >= 0.6 is 0 Å². The van der Waals surface area contributed by atoms with E-state index in [0.717, 1.165) is 23.8 Å². The molecule has 2 nitrogen and oxygen atoms in total. The molecule has 1 aliphatic heterocycles. The summed E-state index contributed by atoms with van der Waals surface area (Å²) in [5.74, 6) is 2.40. The van der Waals surface area contributed by atoms with Gasteiger partial charge < -0.3 is 10.2 Å².